The molecule has 1 N–H and O–H groups in total. The normalized spacial score (nSPS) is 26.2. The van der Waals surface area contributed by atoms with Gasteiger partial charge >= 0.3 is 0 Å². The summed E-state index contributed by atoms with van der Waals surface area (Å²) in [6.45, 7) is 0. The van der Waals surface area contributed by atoms with Gasteiger partial charge in [0.15, 0.2) is 0 Å². The van der Waals surface area contributed by atoms with Crippen molar-refractivity contribution in [1.82, 2.24) is 5.32 Å². The monoisotopic (exact) mass is 235 g/mol. The van der Waals surface area contributed by atoms with Gasteiger partial charge in [0.05, 0.1) is 0 Å². The summed E-state index contributed by atoms with van der Waals surface area (Å²) in [4.78, 5) is 0. The number of hydrogen-bond donors (Lipinski definition) is 1. The van der Waals surface area contributed by atoms with Crippen LogP contribution in [0.1, 0.15) is 49.3 Å². The highest BCUT2D eigenvalue weighted by molar-refractivity contribution is 6.31. The maximum Gasteiger partial charge on any atom is 0.0447 e. The molecule has 1 nitrogen and oxygen atoms in total. The summed E-state index contributed by atoms with van der Waals surface area (Å²) in [7, 11) is 2.05. The van der Waals surface area contributed by atoms with Gasteiger partial charge in [0, 0.05) is 11.1 Å². The van der Waals surface area contributed by atoms with Crippen LogP contribution in [0, 0.1) is 0 Å². The molecule has 0 amide bonds. The van der Waals surface area contributed by atoms with Crippen LogP contribution in [0.2, 0.25) is 5.02 Å². The number of nitrogens with one attached hydrogen (secondary N) is 1. The summed E-state index contributed by atoms with van der Waals surface area (Å²) < 4.78 is 0. The predicted octanol–water partition coefficient (Wildman–Crippen LogP) is 3.82. The lowest BCUT2D eigenvalue weighted by Crippen LogP contribution is -2.40. The fourth-order valence-corrected chi connectivity index (χ4v) is 3.88. The van der Waals surface area contributed by atoms with Crippen LogP contribution in [0.3, 0.4) is 0 Å². The molecule has 1 unspecified atom stereocenters. The van der Waals surface area contributed by atoms with E-state index in [4.69, 9.17) is 11.6 Å². The Labute approximate surface area is 102 Å². The maximum absolute atomic E-state index is 6.43. The van der Waals surface area contributed by atoms with Gasteiger partial charge in [-0.25, -0.2) is 0 Å². The number of benzene rings is 1. The second kappa shape index (κ2) is 3.75. The molecule has 2 aliphatic carbocycles. The van der Waals surface area contributed by atoms with E-state index in [0.29, 0.717) is 11.5 Å². The summed E-state index contributed by atoms with van der Waals surface area (Å²) in [5, 5.41) is 4.40. The first kappa shape index (κ1) is 10.6. The van der Waals surface area contributed by atoms with E-state index in [9.17, 15) is 0 Å². The largest absolute Gasteiger partial charge is 0.313 e. The molecule has 0 aliphatic heterocycles. The van der Waals surface area contributed by atoms with Crippen LogP contribution in [0.4, 0.5) is 0 Å². The molecule has 1 atom stereocenters. The van der Waals surface area contributed by atoms with Crippen molar-refractivity contribution in [3.63, 3.8) is 0 Å². The van der Waals surface area contributed by atoms with Crippen molar-refractivity contribution in [2.75, 3.05) is 7.05 Å². The second-order valence-electron chi connectivity index (χ2n) is 5.22. The van der Waals surface area contributed by atoms with E-state index in [1.54, 1.807) is 0 Å². The van der Waals surface area contributed by atoms with Crippen molar-refractivity contribution in [2.45, 2.75) is 43.6 Å². The van der Waals surface area contributed by atoms with Crippen molar-refractivity contribution < 1.29 is 0 Å². The zero-order valence-electron chi connectivity index (χ0n) is 9.72. The molecule has 0 saturated heterocycles. The Morgan fingerprint density at radius 2 is 2.12 bits per heavy atom. The molecule has 0 heterocycles. The lowest BCUT2D eigenvalue weighted by atomic mass is 9.57. The first-order chi connectivity index (χ1) is 7.77. The Bertz CT molecular complexity index is 409. The van der Waals surface area contributed by atoms with E-state index >= 15 is 0 Å². The molecule has 1 fully saturated rings. The SMILES string of the molecule is CNC1CCC2(CCC2)c2c(Cl)cccc21. The van der Waals surface area contributed by atoms with Crippen LogP contribution in [0.5, 0.6) is 0 Å². The van der Waals surface area contributed by atoms with Crippen molar-refractivity contribution in [1.29, 1.82) is 0 Å². The average molecular weight is 236 g/mol. The van der Waals surface area contributed by atoms with Gasteiger partial charge in [-0.15, -0.1) is 0 Å². The highest BCUT2D eigenvalue weighted by Gasteiger charge is 2.44. The second-order valence-corrected chi connectivity index (χ2v) is 5.63. The summed E-state index contributed by atoms with van der Waals surface area (Å²) >= 11 is 6.43. The van der Waals surface area contributed by atoms with E-state index in [1.807, 2.05) is 7.05 Å². The molecule has 0 bridgehead atoms. The molecule has 86 valence electrons. The molecule has 0 radical (unpaired) electrons. The fourth-order valence-electron chi connectivity index (χ4n) is 3.50. The van der Waals surface area contributed by atoms with Gasteiger partial charge in [0.2, 0.25) is 0 Å². The zero-order valence-corrected chi connectivity index (χ0v) is 10.5. The first-order valence-electron chi connectivity index (χ1n) is 6.23. The van der Waals surface area contributed by atoms with E-state index in [0.717, 1.165) is 5.02 Å². The number of halogens is 1. The zero-order chi connectivity index (χ0) is 11.2. The highest BCUT2D eigenvalue weighted by atomic mass is 35.5. The van der Waals surface area contributed by atoms with Crippen LogP contribution >= 0.6 is 11.6 Å². The van der Waals surface area contributed by atoms with Gasteiger partial charge in [0.1, 0.15) is 0 Å². The highest BCUT2D eigenvalue weighted by Crippen LogP contribution is 2.55. The molecule has 1 saturated carbocycles. The van der Waals surface area contributed by atoms with Gasteiger partial charge in [-0.1, -0.05) is 30.2 Å². The Balaban J connectivity index is 2.14. The molecule has 1 aromatic carbocycles. The molecule has 1 spiro atoms. The number of rotatable bonds is 1. The van der Waals surface area contributed by atoms with E-state index < -0.39 is 0 Å². The maximum atomic E-state index is 6.43. The van der Waals surface area contributed by atoms with Crippen LogP contribution < -0.4 is 5.32 Å². The molecule has 1 aromatic rings. The third kappa shape index (κ3) is 1.34. The van der Waals surface area contributed by atoms with Crippen LogP contribution in [0.25, 0.3) is 0 Å². The van der Waals surface area contributed by atoms with Crippen molar-refractivity contribution in [3.05, 3.63) is 34.3 Å². The Morgan fingerprint density at radius 3 is 2.75 bits per heavy atom. The lowest BCUT2D eigenvalue weighted by Gasteiger charge is -2.48. The number of fused-ring (bicyclic) bond motifs is 2. The minimum absolute atomic E-state index is 0.432. The molecule has 16 heavy (non-hydrogen) atoms. The van der Waals surface area contributed by atoms with E-state index in [1.165, 1.54) is 43.2 Å². The van der Waals surface area contributed by atoms with Crippen molar-refractivity contribution in [3.8, 4) is 0 Å². The molecule has 2 aliphatic rings. The van der Waals surface area contributed by atoms with Crippen LogP contribution in [0.15, 0.2) is 18.2 Å². The molecule has 0 aromatic heterocycles. The molecular weight excluding hydrogens is 218 g/mol. The fraction of sp³-hybridized carbons (Fsp3) is 0.571. The minimum Gasteiger partial charge on any atom is -0.313 e. The van der Waals surface area contributed by atoms with Crippen molar-refractivity contribution in [2.24, 2.45) is 0 Å². The third-order valence-electron chi connectivity index (χ3n) is 4.52. The summed E-state index contributed by atoms with van der Waals surface area (Å²) in [5.74, 6) is 0. The quantitative estimate of drug-likeness (QED) is 0.781. The topological polar surface area (TPSA) is 12.0 Å². The van der Waals surface area contributed by atoms with Crippen LogP contribution in [-0.4, -0.2) is 7.05 Å². The summed E-state index contributed by atoms with van der Waals surface area (Å²) in [5.41, 5.74) is 3.33. The van der Waals surface area contributed by atoms with Crippen LogP contribution in [-0.2, 0) is 5.41 Å². The molecular formula is C14H18ClN. The Morgan fingerprint density at radius 1 is 1.31 bits per heavy atom. The third-order valence-corrected chi connectivity index (χ3v) is 4.84. The van der Waals surface area contributed by atoms with Gasteiger partial charge < -0.3 is 5.32 Å². The Kier molecular flexibility index (Phi) is 2.49. The minimum atomic E-state index is 0.432. The van der Waals surface area contributed by atoms with E-state index in [2.05, 4.69) is 23.5 Å². The Hall–Kier alpha value is -0.530. The summed E-state index contributed by atoms with van der Waals surface area (Å²) in [6.07, 6.45) is 6.59. The van der Waals surface area contributed by atoms with Gasteiger partial charge in [0.25, 0.3) is 0 Å². The van der Waals surface area contributed by atoms with Crippen molar-refractivity contribution >= 4 is 11.6 Å². The summed E-state index contributed by atoms with van der Waals surface area (Å²) in [6, 6.07) is 6.89. The van der Waals surface area contributed by atoms with Gasteiger partial charge in [-0.3, -0.25) is 0 Å². The smallest absolute Gasteiger partial charge is 0.0447 e. The predicted molar refractivity (Wildman–Crippen MR) is 68.0 cm³/mol. The first-order valence-corrected chi connectivity index (χ1v) is 6.61. The van der Waals surface area contributed by atoms with Gasteiger partial charge in [-0.05, 0) is 55.3 Å². The van der Waals surface area contributed by atoms with Gasteiger partial charge in [-0.2, -0.15) is 0 Å². The average Bonchev–Trinajstić information content (AvgIpc) is 2.26. The molecule has 2 heteroatoms. The standard InChI is InChI=1S/C14H18ClN/c1-16-12-6-9-14(7-3-8-14)13-10(12)4-2-5-11(13)15/h2,4-5,12,16H,3,6-9H2,1H3. The van der Waals surface area contributed by atoms with E-state index in [-0.39, 0.29) is 0 Å². The number of hydrogen-bond acceptors (Lipinski definition) is 1. The lowest BCUT2D eigenvalue weighted by molar-refractivity contribution is 0.194. The molecule has 3 rings (SSSR count).